The topological polar surface area (TPSA) is 58.7 Å². The molecule has 0 saturated carbocycles. The number of hydrogen-bond acceptors (Lipinski definition) is 4. The van der Waals surface area contributed by atoms with Gasteiger partial charge in [-0.3, -0.25) is 4.90 Å². The first-order chi connectivity index (χ1) is 10.2. The Hall–Kier alpha value is -1.10. The van der Waals surface area contributed by atoms with Crippen LogP contribution in [-0.4, -0.2) is 42.9 Å². The molecule has 1 heterocycles. The van der Waals surface area contributed by atoms with Gasteiger partial charge in [0.2, 0.25) is 0 Å². The highest BCUT2D eigenvalue weighted by Gasteiger charge is 2.33. The summed E-state index contributed by atoms with van der Waals surface area (Å²) in [6.07, 6.45) is 2.96. The van der Waals surface area contributed by atoms with Crippen molar-refractivity contribution in [3.63, 3.8) is 0 Å². The Morgan fingerprint density at radius 3 is 2.86 bits per heavy atom. The largest absolute Gasteiger partial charge is 0.496 e. The van der Waals surface area contributed by atoms with Crippen LogP contribution >= 0.6 is 0 Å². The average Bonchev–Trinajstić information content (AvgIpc) is 2.96. The van der Waals surface area contributed by atoms with Gasteiger partial charge in [0, 0.05) is 24.8 Å². The molecule has 0 amide bonds. The van der Waals surface area contributed by atoms with Gasteiger partial charge >= 0.3 is 0 Å². The second-order valence-electron chi connectivity index (χ2n) is 5.92. The minimum Gasteiger partial charge on any atom is -0.496 e. The molecule has 0 radical (unpaired) electrons. The summed E-state index contributed by atoms with van der Waals surface area (Å²) in [4.78, 5) is 2.46. The van der Waals surface area contributed by atoms with Gasteiger partial charge in [0.05, 0.1) is 13.2 Å². The van der Waals surface area contributed by atoms with Crippen LogP contribution in [0.5, 0.6) is 5.75 Å². The van der Waals surface area contributed by atoms with Crippen LogP contribution in [0.1, 0.15) is 37.8 Å². The number of benzene rings is 1. The van der Waals surface area contributed by atoms with Crippen molar-refractivity contribution in [2.24, 2.45) is 11.7 Å². The molecule has 1 saturated heterocycles. The number of methoxy groups -OCH3 is 1. The van der Waals surface area contributed by atoms with E-state index in [4.69, 9.17) is 15.6 Å². The van der Waals surface area contributed by atoms with E-state index in [0.717, 1.165) is 38.1 Å². The lowest BCUT2D eigenvalue weighted by Crippen LogP contribution is -2.40. The van der Waals surface area contributed by atoms with E-state index in [1.54, 1.807) is 7.11 Å². The number of hydrogen-bond donors (Lipinski definition) is 2. The molecule has 0 aliphatic carbocycles. The van der Waals surface area contributed by atoms with Crippen LogP contribution in [0.15, 0.2) is 24.3 Å². The minimum absolute atomic E-state index is 0.0918. The summed E-state index contributed by atoms with van der Waals surface area (Å²) in [7, 11) is 1.71. The molecule has 3 N–H and O–H groups in total. The van der Waals surface area contributed by atoms with Gasteiger partial charge in [-0.25, -0.2) is 0 Å². The van der Waals surface area contributed by atoms with Crippen LogP contribution in [0.25, 0.3) is 0 Å². The standard InChI is InChI=1S/C17H28N2O2/c1-3-15(18)17(14-6-4-5-7-16(14)21-2)19-10-8-13(12-19)9-11-20/h4-7,13,15,17,20H,3,8-12,18H2,1-2H3. The summed E-state index contributed by atoms with van der Waals surface area (Å²) >= 11 is 0. The van der Waals surface area contributed by atoms with E-state index in [2.05, 4.69) is 24.0 Å². The molecule has 1 aromatic carbocycles. The normalized spacial score (nSPS) is 22.2. The first kappa shape index (κ1) is 16.3. The van der Waals surface area contributed by atoms with Crippen LogP contribution in [-0.2, 0) is 0 Å². The fourth-order valence-corrected chi connectivity index (χ4v) is 3.37. The molecule has 3 unspecified atom stereocenters. The first-order valence-corrected chi connectivity index (χ1v) is 7.94. The van der Waals surface area contributed by atoms with Gasteiger partial charge in [-0.05, 0) is 37.8 Å². The molecular weight excluding hydrogens is 264 g/mol. The van der Waals surface area contributed by atoms with Crippen molar-refractivity contribution in [1.29, 1.82) is 0 Å². The molecule has 1 aliphatic heterocycles. The van der Waals surface area contributed by atoms with E-state index in [-0.39, 0.29) is 18.7 Å². The van der Waals surface area contributed by atoms with Crippen LogP contribution in [0, 0.1) is 5.92 Å². The fourth-order valence-electron chi connectivity index (χ4n) is 3.37. The molecule has 4 nitrogen and oxygen atoms in total. The number of para-hydroxylation sites is 1. The summed E-state index contributed by atoms with van der Waals surface area (Å²) in [5.74, 6) is 1.49. The van der Waals surface area contributed by atoms with E-state index in [9.17, 15) is 0 Å². The third kappa shape index (κ3) is 3.76. The zero-order valence-corrected chi connectivity index (χ0v) is 13.2. The van der Waals surface area contributed by atoms with Crippen LogP contribution in [0.4, 0.5) is 0 Å². The lowest BCUT2D eigenvalue weighted by molar-refractivity contribution is 0.190. The zero-order valence-electron chi connectivity index (χ0n) is 13.2. The molecule has 4 heteroatoms. The Labute approximate surface area is 127 Å². The highest BCUT2D eigenvalue weighted by atomic mass is 16.5. The molecule has 21 heavy (non-hydrogen) atoms. The molecule has 0 spiro atoms. The lowest BCUT2D eigenvalue weighted by Gasteiger charge is -2.33. The second kappa shape index (κ2) is 7.78. The van der Waals surface area contributed by atoms with Gasteiger partial charge in [0.1, 0.15) is 5.75 Å². The third-order valence-corrected chi connectivity index (χ3v) is 4.58. The average molecular weight is 292 g/mol. The minimum atomic E-state index is 0.0918. The van der Waals surface area contributed by atoms with Gasteiger partial charge in [-0.2, -0.15) is 0 Å². The third-order valence-electron chi connectivity index (χ3n) is 4.58. The SMILES string of the molecule is CCC(N)C(c1ccccc1OC)N1CCC(CCO)C1. The maximum absolute atomic E-state index is 9.14. The molecule has 1 fully saturated rings. The number of nitrogens with two attached hydrogens (primary N) is 1. The quantitative estimate of drug-likeness (QED) is 0.809. The second-order valence-corrected chi connectivity index (χ2v) is 5.92. The van der Waals surface area contributed by atoms with Crippen molar-refractivity contribution >= 4 is 0 Å². The van der Waals surface area contributed by atoms with Crippen LogP contribution in [0.3, 0.4) is 0 Å². The number of nitrogens with zero attached hydrogens (tertiary/aromatic N) is 1. The zero-order chi connectivity index (χ0) is 15.2. The van der Waals surface area contributed by atoms with Crippen LogP contribution in [0.2, 0.25) is 0 Å². The summed E-state index contributed by atoms with van der Waals surface area (Å²) in [6.45, 7) is 4.46. The summed E-state index contributed by atoms with van der Waals surface area (Å²) < 4.78 is 5.53. The smallest absolute Gasteiger partial charge is 0.123 e. The van der Waals surface area contributed by atoms with Crippen LogP contribution < -0.4 is 10.5 Å². The summed E-state index contributed by atoms with van der Waals surface area (Å²) in [5, 5.41) is 9.14. The van der Waals surface area contributed by atoms with E-state index in [0.29, 0.717) is 5.92 Å². The predicted molar refractivity (Wildman–Crippen MR) is 85.4 cm³/mol. The molecule has 2 rings (SSSR count). The molecule has 3 atom stereocenters. The molecule has 1 aliphatic rings. The molecular formula is C17H28N2O2. The first-order valence-electron chi connectivity index (χ1n) is 7.94. The number of aliphatic hydroxyl groups is 1. The van der Waals surface area contributed by atoms with Gasteiger partial charge < -0.3 is 15.6 Å². The molecule has 118 valence electrons. The highest BCUT2D eigenvalue weighted by molar-refractivity contribution is 5.37. The van der Waals surface area contributed by atoms with Gasteiger partial charge in [0.15, 0.2) is 0 Å². The lowest BCUT2D eigenvalue weighted by atomic mass is 9.95. The maximum Gasteiger partial charge on any atom is 0.123 e. The van der Waals surface area contributed by atoms with Crippen molar-refractivity contribution in [2.45, 2.75) is 38.3 Å². The van der Waals surface area contributed by atoms with Crippen molar-refractivity contribution in [1.82, 2.24) is 4.90 Å². The van der Waals surface area contributed by atoms with E-state index >= 15 is 0 Å². The van der Waals surface area contributed by atoms with Crippen molar-refractivity contribution in [3.05, 3.63) is 29.8 Å². The summed E-state index contributed by atoms with van der Waals surface area (Å²) in [6, 6.07) is 8.46. The number of aliphatic hydroxyl groups excluding tert-OH is 1. The fraction of sp³-hybridized carbons (Fsp3) is 0.647. The Kier molecular flexibility index (Phi) is 6.03. The Bertz CT molecular complexity index is 439. The van der Waals surface area contributed by atoms with E-state index < -0.39 is 0 Å². The Morgan fingerprint density at radius 2 is 2.19 bits per heavy atom. The van der Waals surface area contributed by atoms with Crippen molar-refractivity contribution < 1.29 is 9.84 Å². The number of rotatable bonds is 7. The van der Waals surface area contributed by atoms with E-state index in [1.165, 1.54) is 5.56 Å². The number of likely N-dealkylation sites (tertiary alicyclic amines) is 1. The Balaban J connectivity index is 2.23. The van der Waals surface area contributed by atoms with Crippen molar-refractivity contribution in [2.75, 3.05) is 26.8 Å². The predicted octanol–water partition coefficient (Wildman–Crippen LogP) is 2.18. The molecule has 1 aromatic rings. The van der Waals surface area contributed by atoms with Crippen molar-refractivity contribution in [3.8, 4) is 5.75 Å². The van der Waals surface area contributed by atoms with Gasteiger partial charge in [0.25, 0.3) is 0 Å². The molecule has 0 aromatic heterocycles. The van der Waals surface area contributed by atoms with E-state index in [1.807, 2.05) is 12.1 Å². The molecule has 0 bridgehead atoms. The van der Waals surface area contributed by atoms with Gasteiger partial charge in [-0.15, -0.1) is 0 Å². The number of ether oxygens (including phenoxy) is 1. The summed E-state index contributed by atoms with van der Waals surface area (Å²) in [5.41, 5.74) is 7.61. The monoisotopic (exact) mass is 292 g/mol. The van der Waals surface area contributed by atoms with Gasteiger partial charge in [-0.1, -0.05) is 25.1 Å². The Morgan fingerprint density at radius 1 is 1.43 bits per heavy atom. The highest BCUT2D eigenvalue weighted by Crippen LogP contribution is 2.35. The maximum atomic E-state index is 9.14.